The highest BCUT2D eigenvalue weighted by molar-refractivity contribution is 7.92. The number of amides is 1. The minimum Gasteiger partial charge on any atom is -0.497 e. The second-order valence-electron chi connectivity index (χ2n) is 9.41. The molecule has 2 aromatic rings. The van der Waals surface area contributed by atoms with Gasteiger partial charge in [0.15, 0.2) is 0 Å². The predicted octanol–water partition coefficient (Wildman–Crippen LogP) is 5.00. The molecule has 0 saturated heterocycles. The summed E-state index contributed by atoms with van der Waals surface area (Å²) >= 11 is 0. The number of carboxylic acid groups (broad SMARTS) is 1. The molecule has 38 heavy (non-hydrogen) atoms. The molecule has 0 unspecified atom stereocenters. The maximum atomic E-state index is 13.0. The number of rotatable bonds is 7. The molecule has 0 spiro atoms. The Bertz CT molecular complexity index is 1200. The van der Waals surface area contributed by atoms with Crippen LogP contribution in [0.2, 0.25) is 0 Å². The van der Waals surface area contributed by atoms with E-state index >= 15 is 0 Å². The van der Waals surface area contributed by atoms with Crippen LogP contribution >= 0.6 is 0 Å². The summed E-state index contributed by atoms with van der Waals surface area (Å²) in [5.74, 6) is -2.04. The summed E-state index contributed by atoms with van der Waals surface area (Å²) in [5, 5.41) is 10.4. The highest BCUT2D eigenvalue weighted by Gasteiger charge is 2.51. The Hall–Kier alpha value is -3.28. The zero-order valence-corrected chi connectivity index (χ0v) is 21.7. The number of nitrogens with one attached hydrogen (secondary N) is 2. The van der Waals surface area contributed by atoms with Gasteiger partial charge >= 0.3 is 12.1 Å². The Labute approximate surface area is 219 Å². The highest BCUT2D eigenvalue weighted by atomic mass is 32.2. The van der Waals surface area contributed by atoms with Gasteiger partial charge in [-0.25, -0.2) is 13.2 Å². The molecule has 2 aliphatic rings. The van der Waals surface area contributed by atoms with Crippen molar-refractivity contribution in [2.75, 3.05) is 11.8 Å². The van der Waals surface area contributed by atoms with Crippen molar-refractivity contribution in [3.63, 3.8) is 0 Å². The standard InChI is InChI=1S/C24H30N2O4S.C2HF3O2/c1-30-21-12-14-22(15-13-21)31(28,29)26-20-10-8-18(9-11-20)24(16-17-24)23(27)25-19-6-4-2-3-5-7-19;3-2(4,5)1(6)7/h8-15,19,26H,2-7,16-17H2,1H3,(H,25,27);(H,6,7). The van der Waals surface area contributed by atoms with E-state index in [1.165, 1.54) is 44.9 Å². The summed E-state index contributed by atoms with van der Waals surface area (Å²) in [6, 6.07) is 13.7. The molecule has 2 aromatic carbocycles. The van der Waals surface area contributed by atoms with Crippen LogP contribution in [-0.2, 0) is 25.0 Å². The fraction of sp³-hybridized carbons (Fsp3) is 0.462. The lowest BCUT2D eigenvalue weighted by atomic mass is 9.94. The van der Waals surface area contributed by atoms with E-state index in [0.717, 1.165) is 31.2 Å². The minimum atomic E-state index is -5.08. The first-order valence-corrected chi connectivity index (χ1v) is 13.7. The number of benzene rings is 2. The molecule has 12 heteroatoms. The lowest BCUT2D eigenvalue weighted by Gasteiger charge is -2.22. The van der Waals surface area contributed by atoms with Gasteiger partial charge in [-0.1, -0.05) is 37.8 Å². The van der Waals surface area contributed by atoms with Gasteiger partial charge in [-0.2, -0.15) is 13.2 Å². The SMILES string of the molecule is COc1ccc(S(=O)(=O)Nc2ccc(C3(C(=O)NC4CCCCCC4)CC3)cc2)cc1.O=C(O)C(F)(F)F. The van der Waals surface area contributed by atoms with Gasteiger partial charge in [0, 0.05) is 11.7 Å². The Morgan fingerprint density at radius 3 is 1.92 bits per heavy atom. The number of hydrogen-bond acceptors (Lipinski definition) is 5. The van der Waals surface area contributed by atoms with Gasteiger partial charge in [0.1, 0.15) is 5.75 Å². The van der Waals surface area contributed by atoms with E-state index in [2.05, 4.69) is 10.0 Å². The van der Waals surface area contributed by atoms with E-state index in [-0.39, 0.29) is 16.8 Å². The summed E-state index contributed by atoms with van der Waals surface area (Å²) in [4.78, 5) is 22.1. The molecule has 1 amide bonds. The number of hydrogen-bond donors (Lipinski definition) is 3. The monoisotopic (exact) mass is 556 g/mol. The van der Waals surface area contributed by atoms with E-state index in [9.17, 15) is 26.4 Å². The Kier molecular flexibility index (Phi) is 9.29. The first-order valence-electron chi connectivity index (χ1n) is 12.3. The molecule has 0 atom stereocenters. The number of carbonyl (C=O) groups excluding carboxylic acids is 1. The molecule has 0 aliphatic heterocycles. The van der Waals surface area contributed by atoms with Crippen molar-refractivity contribution >= 4 is 27.6 Å². The molecule has 0 aromatic heterocycles. The lowest BCUT2D eigenvalue weighted by Crippen LogP contribution is -2.41. The van der Waals surface area contributed by atoms with Gasteiger partial charge in [0.05, 0.1) is 17.4 Å². The van der Waals surface area contributed by atoms with Crippen LogP contribution < -0.4 is 14.8 Å². The first-order chi connectivity index (χ1) is 17.9. The maximum absolute atomic E-state index is 13.0. The van der Waals surface area contributed by atoms with Gasteiger partial charge in [0.25, 0.3) is 10.0 Å². The summed E-state index contributed by atoms with van der Waals surface area (Å²) in [6.07, 6.45) is 3.59. The number of ether oxygens (including phenoxy) is 1. The van der Waals surface area contributed by atoms with Crippen LogP contribution in [0.15, 0.2) is 53.4 Å². The van der Waals surface area contributed by atoms with Crippen LogP contribution in [-0.4, -0.2) is 44.7 Å². The van der Waals surface area contributed by atoms with Crippen LogP contribution in [0.1, 0.15) is 56.9 Å². The number of sulfonamides is 1. The van der Waals surface area contributed by atoms with Crippen molar-refractivity contribution in [2.24, 2.45) is 0 Å². The van der Waals surface area contributed by atoms with Gasteiger partial charge in [0.2, 0.25) is 5.91 Å². The second-order valence-corrected chi connectivity index (χ2v) is 11.1. The van der Waals surface area contributed by atoms with Crippen molar-refractivity contribution in [3.05, 3.63) is 54.1 Å². The van der Waals surface area contributed by atoms with Gasteiger partial charge < -0.3 is 15.2 Å². The van der Waals surface area contributed by atoms with Crippen LogP contribution in [0, 0.1) is 0 Å². The molecule has 2 fully saturated rings. The Morgan fingerprint density at radius 1 is 0.947 bits per heavy atom. The Balaban J connectivity index is 0.000000505. The molecule has 2 saturated carbocycles. The smallest absolute Gasteiger partial charge is 0.490 e. The summed E-state index contributed by atoms with van der Waals surface area (Å²) in [7, 11) is -2.16. The Morgan fingerprint density at radius 2 is 1.47 bits per heavy atom. The lowest BCUT2D eigenvalue weighted by molar-refractivity contribution is -0.192. The average molecular weight is 557 g/mol. The summed E-state index contributed by atoms with van der Waals surface area (Å²) in [5.41, 5.74) is 0.963. The zero-order chi connectivity index (χ0) is 28.0. The fourth-order valence-electron chi connectivity index (χ4n) is 4.35. The molecule has 3 N–H and O–H groups in total. The molecule has 0 radical (unpaired) electrons. The van der Waals surface area contributed by atoms with Gasteiger partial charge in [-0.05, 0) is 67.6 Å². The molecule has 0 heterocycles. The highest BCUT2D eigenvalue weighted by Crippen LogP contribution is 2.49. The quantitative estimate of drug-likeness (QED) is 0.413. The number of carboxylic acids is 1. The number of methoxy groups -OCH3 is 1. The average Bonchev–Trinajstić information content (AvgIpc) is 3.70. The minimum absolute atomic E-state index is 0.117. The third-order valence-electron chi connectivity index (χ3n) is 6.68. The largest absolute Gasteiger partial charge is 0.497 e. The number of halogens is 3. The molecule has 4 rings (SSSR count). The number of aliphatic carboxylic acids is 1. The van der Waals surface area contributed by atoms with Crippen LogP contribution in [0.3, 0.4) is 0 Å². The summed E-state index contributed by atoms with van der Waals surface area (Å²) < 4.78 is 64.7. The van der Waals surface area contributed by atoms with Crippen LogP contribution in [0.4, 0.5) is 18.9 Å². The molecular weight excluding hydrogens is 525 g/mol. The molecule has 0 bridgehead atoms. The summed E-state index contributed by atoms with van der Waals surface area (Å²) in [6.45, 7) is 0. The zero-order valence-electron chi connectivity index (χ0n) is 20.9. The van der Waals surface area contributed by atoms with E-state index in [0.29, 0.717) is 11.4 Å². The normalized spacial score (nSPS) is 17.3. The van der Waals surface area contributed by atoms with Crippen molar-refractivity contribution in [1.82, 2.24) is 5.32 Å². The second kappa shape index (κ2) is 12.1. The van der Waals surface area contributed by atoms with Crippen molar-refractivity contribution in [2.45, 2.75) is 73.9 Å². The number of carbonyl (C=O) groups is 2. The number of alkyl halides is 3. The molecule has 2 aliphatic carbocycles. The third kappa shape index (κ3) is 7.62. The molecule has 208 valence electrons. The molecular formula is C26H31F3N2O6S. The molecule has 8 nitrogen and oxygen atoms in total. The van der Waals surface area contributed by atoms with Crippen molar-refractivity contribution in [1.29, 1.82) is 0 Å². The van der Waals surface area contributed by atoms with Gasteiger partial charge in [-0.15, -0.1) is 0 Å². The van der Waals surface area contributed by atoms with Crippen LogP contribution in [0.5, 0.6) is 5.75 Å². The van der Waals surface area contributed by atoms with E-state index in [4.69, 9.17) is 14.6 Å². The fourth-order valence-corrected chi connectivity index (χ4v) is 5.40. The van der Waals surface area contributed by atoms with Gasteiger partial charge in [-0.3, -0.25) is 9.52 Å². The third-order valence-corrected chi connectivity index (χ3v) is 8.07. The topological polar surface area (TPSA) is 122 Å². The van der Waals surface area contributed by atoms with Crippen molar-refractivity contribution in [3.8, 4) is 5.75 Å². The van der Waals surface area contributed by atoms with E-state index in [1.54, 1.807) is 24.3 Å². The predicted molar refractivity (Wildman–Crippen MR) is 134 cm³/mol. The van der Waals surface area contributed by atoms with E-state index in [1.807, 2.05) is 12.1 Å². The maximum Gasteiger partial charge on any atom is 0.490 e. The van der Waals surface area contributed by atoms with Crippen LogP contribution in [0.25, 0.3) is 0 Å². The van der Waals surface area contributed by atoms with E-state index < -0.39 is 27.6 Å². The number of anilines is 1. The van der Waals surface area contributed by atoms with Crippen molar-refractivity contribution < 1.29 is 41.0 Å². The first kappa shape index (κ1) is 29.3.